The Labute approximate surface area is 232 Å². The third-order valence-corrected chi connectivity index (χ3v) is 6.33. The van der Waals surface area contributed by atoms with Crippen LogP contribution in [0.2, 0.25) is 0 Å². The van der Waals surface area contributed by atoms with Gasteiger partial charge in [0.15, 0.2) is 5.75 Å². The Morgan fingerprint density at radius 1 is 0.900 bits per heavy atom. The van der Waals surface area contributed by atoms with E-state index in [4.69, 9.17) is 19.3 Å². The van der Waals surface area contributed by atoms with Crippen LogP contribution in [0.1, 0.15) is 36.8 Å². The predicted molar refractivity (Wildman–Crippen MR) is 150 cm³/mol. The number of hydrogen-bond acceptors (Lipinski definition) is 6. The van der Waals surface area contributed by atoms with E-state index in [0.717, 1.165) is 35.4 Å². The highest BCUT2D eigenvalue weighted by Gasteiger charge is 2.31. The zero-order chi connectivity index (χ0) is 28.3. The summed E-state index contributed by atoms with van der Waals surface area (Å²) in [7, 11) is 0. The highest BCUT2D eigenvalue weighted by molar-refractivity contribution is 5.81. The average Bonchev–Trinajstić information content (AvgIpc) is 2.95. The van der Waals surface area contributed by atoms with E-state index in [2.05, 4.69) is 0 Å². The zero-order valence-electron chi connectivity index (χ0n) is 22.0. The molecule has 4 rings (SSSR count). The van der Waals surface area contributed by atoms with Crippen molar-refractivity contribution in [1.82, 2.24) is 0 Å². The molecule has 0 saturated heterocycles. The van der Waals surface area contributed by atoms with Crippen LogP contribution in [0.5, 0.6) is 17.2 Å². The molecule has 1 aliphatic rings. The van der Waals surface area contributed by atoms with E-state index in [1.165, 1.54) is 12.1 Å². The van der Waals surface area contributed by atoms with E-state index in [1.54, 1.807) is 12.1 Å². The van der Waals surface area contributed by atoms with Crippen molar-refractivity contribution in [1.29, 1.82) is 0 Å². The Morgan fingerprint density at radius 2 is 1.55 bits per heavy atom. The molecule has 3 aromatic rings. The number of aliphatic carboxylic acids is 2. The number of ether oxygens (including phenoxy) is 3. The molecule has 0 radical (unpaired) electrons. The quantitative estimate of drug-likeness (QED) is 0.193. The van der Waals surface area contributed by atoms with Crippen LogP contribution in [0, 0.1) is 5.82 Å². The molecular formula is C31H32FNO7. The van der Waals surface area contributed by atoms with Gasteiger partial charge in [0, 0.05) is 18.5 Å². The number of carboxylic acids is 2. The van der Waals surface area contributed by atoms with Gasteiger partial charge in [0.2, 0.25) is 6.10 Å². The van der Waals surface area contributed by atoms with Gasteiger partial charge < -0.3 is 29.3 Å². The lowest BCUT2D eigenvalue weighted by Crippen LogP contribution is -2.45. The van der Waals surface area contributed by atoms with Crippen LogP contribution in [-0.4, -0.2) is 54.6 Å². The SMILES string of the molecule is O=C(O)CCCN1CC(C(=O)O)Oc2c(C=Cc3ccc(OCCCCOc4ccc(F)cc4)cc3)cccc21. The number of para-hydroxylation sites is 1. The molecule has 0 amide bonds. The van der Waals surface area contributed by atoms with E-state index in [1.807, 2.05) is 59.5 Å². The van der Waals surface area contributed by atoms with Gasteiger partial charge in [0.25, 0.3) is 0 Å². The lowest BCUT2D eigenvalue weighted by Gasteiger charge is -2.35. The van der Waals surface area contributed by atoms with Gasteiger partial charge >= 0.3 is 11.9 Å². The minimum Gasteiger partial charge on any atom is -0.494 e. The van der Waals surface area contributed by atoms with Crippen molar-refractivity contribution in [3.8, 4) is 17.2 Å². The highest BCUT2D eigenvalue weighted by Crippen LogP contribution is 2.38. The first kappa shape index (κ1) is 28.5. The number of fused-ring (bicyclic) bond motifs is 1. The monoisotopic (exact) mass is 549 g/mol. The molecule has 0 fully saturated rings. The van der Waals surface area contributed by atoms with Gasteiger partial charge in [-0.3, -0.25) is 4.79 Å². The number of nitrogens with zero attached hydrogens (tertiary/aromatic N) is 1. The van der Waals surface area contributed by atoms with Crippen LogP contribution in [0.15, 0.2) is 66.7 Å². The van der Waals surface area contributed by atoms with Gasteiger partial charge in [0.05, 0.1) is 25.4 Å². The number of rotatable bonds is 14. The molecule has 1 unspecified atom stereocenters. The fourth-order valence-corrected chi connectivity index (χ4v) is 4.27. The Morgan fingerprint density at radius 3 is 2.17 bits per heavy atom. The molecule has 0 aromatic heterocycles. The zero-order valence-corrected chi connectivity index (χ0v) is 22.0. The van der Waals surface area contributed by atoms with Gasteiger partial charge in [-0.05, 0) is 67.3 Å². The van der Waals surface area contributed by atoms with Gasteiger partial charge in [0.1, 0.15) is 17.3 Å². The molecule has 210 valence electrons. The molecule has 9 heteroatoms. The molecule has 2 N–H and O–H groups in total. The Kier molecular flexibility index (Phi) is 9.99. The van der Waals surface area contributed by atoms with Crippen molar-refractivity contribution < 1.29 is 38.4 Å². The van der Waals surface area contributed by atoms with Crippen molar-refractivity contribution >= 4 is 29.8 Å². The van der Waals surface area contributed by atoms with Crippen LogP contribution in [0.3, 0.4) is 0 Å². The van der Waals surface area contributed by atoms with Crippen LogP contribution in [-0.2, 0) is 9.59 Å². The summed E-state index contributed by atoms with van der Waals surface area (Å²) in [5, 5.41) is 18.6. The largest absolute Gasteiger partial charge is 0.494 e. The Bertz CT molecular complexity index is 1310. The maximum Gasteiger partial charge on any atom is 0.346 e. The summed E-state index contributed by atoms with van der Waals surface area (Å²) in [4.78, 5) is 24.5. The molecule has 0 bridgehead atoms. The third-order valence-electron chi connectivity index (χ3n) is 6.33. The van der Waals surface area contributed by atoms with Gasteiger partial charge in [-0.1, -0.05) is 36.4 Å². The second-order valence-electron chi connectivity index (χ2n) is 9.34. The molecule has 0 saturated carbocycles. The fraction of sp³-hybridized carbons (Fsp3) is 0.290. The predicted octanol–water partition coefficient (Wildman–Crippen LogP) is 5.75. The normalized spacial score (nSPS) is 14.4. The smallest absolute Gasteiger partial charge is 0.346 e. The van der Waals surface area contributed by atoms with Crippen LogP contribution < -0.4 is 19.1 Å². The molecule has 0 aliphatic carbocycles. The lowest BCUT2D eigenvalue weighted by molar-refractivity contribution is -0.145. The number of hydrogen-bond donors (Lipinski definition) is 2. The Balaban J connectivity index is 1.30. The van der Waals surface area contributed by atoms with Gasteiger partial charge in [-0.15, -0.1) is 0 Å². The summed E-state index contributed by atoms with van der Waals surface area (Å²) in [6.45, 7) is 1.64. The number of carbonyl (C=O) groups is 2. The molecule has 0 spiro atoms. The fourth-order valence-electron chi connectivity index (χ4n) is 4.27. The first-order valence-electron chi connectivity index (χ1n) is 13.2. The van der Waals surface area contributed by atoms with E-state index < -0.39 is 18.0 Å². The minimum absolute atomic E-state index is 0.00959. The molecule has 8 nitrogen and oxygen atoms in total. The van der Waals surface area contributed by atoms with E-state index in [9.17, 15) is 19.1 Å². The second kappa shape index (κ2) is 14.0. The number of halogens is 1. The third kappa shape index (κ3) is 8.23. The molecular weight excluding hydrogens is 517 g/mol. The van der Waals surface area contributed by atoms with Gasteiger partial charge in [-0.2, -0.15) is 0 Å². The molecule has 1 aliphatic heterocycles. The van der Waals surface area contributed by atoms with E-state index in [-0.39, 0.29) is 18.8 Å². The summed E-state index contributed by atoms with van der Waals surface area (Å²) in [6.07, 6.45) is 4.77. The van der Waals surface area contributed by atoms with Crippen molar-refractivity contribution in [3.05, 3.63) is 83.7 Å². The van der Waals surface area contributed by atoms with Crippen molar-refractivity contribution in [3.63, 3.8) is 0 Å². The number of anilines is 1. The maximum atomic E-state index is 12.9. The minimum atomic E-state index is -1.07. The van der Waals surface area contributed by atoms with Crippen molar-refractivity contribution in [2.75, 3.05) is 31.2 Å². The molecule has 3 aromatic carbocycles. The number of benzene rings is 3. The van der Waals surface area contributed by atoms with Gasteiger partial charge in [-0.25, -0.2) is 9.18 Å². The van der Waals surface area contributed by atoms with Crippen LogP contribution >= 0.6 is 0 Å². The average molecular weight is 550 g/mol. The summed E-state index contributed by atoms with van der Waals surface area (Å²) in [6, 6.07) is 19.2. The second-order valence-corrected chi connectivity index (χ2v) is 9.34. The van der Waals surface area contributed by atoms with E-state index >= 15 is 0 Å². The van der Waals surface area contributed by atoms with Crippen LogP contribution in [0.4, 0.5) is 10.1 Å². The number of unbranched alkanes of at least 4 members (excludes halogenated alkanes) is 1. The van der Waals surface area contributed by atoms with E-state index in [0.29, 0.717) is 37.7 Å². The summed E-state index contributed by atoms with van der Waals surface area (Å²) >= 11 is 0. The topological polar surface area (TPSA) is 106 Å². The van der Waals surface area contributed by atoms with Crippen molar-refractivity contribution in [2.45, 2.75) is 31.8 Å². The van der Waals surface area contributed by atoms with Crippen molar-refractivity contribution in [2.24, 2.45) is 0 Å². The first-order valence-corrected chi connectivity index (χ1v) is 13.2. The summed E-state index contributed by atoms with van der Waals surface area (Å²) in [5.41, 5.74) is 2.41. The Hall–Kier alpha value is -4.53. The summed E-state index contributed by atoms with van der Waals surface area (Å²) in [5.74, 6) is -0.381. The molecule has 1 atom stereocenters. The highest BCUT2D eigenvalue weighted by atomic mass is 19.1. The molecule has 1 heterocycles. The first-order chi connectivity index (χ1) is 19.4. The molecule has 40 heavy (non-hydrogen) atoms. The lowest BCUT2D eigenvalue weighted by atomic mass is 10.1. The standard InChI is InChI=1S/C31H32FNO7/c32-24-12-16-26(17-13-24)39-20-2-1-19-38-25-14-9-22(10-15-25)8-11-23-5-3-6-27-30(23)40-28(31(36)37)21-33(27)18-4-7-29(34)35/h3,5-6,8-17,28H,1-2,4,7,18-21H2,(H,34,35)(H,36,37). The van der Waals surface area contributed by atoms with Crippen LogP contribution in [0.25, 0.3) is 12.2 Å². The maximum absolute atomic E-state index is 12.9. The summed E-state index contributed by atoms with van der Waals surface area (Å²) < 4.78 is 30.2. The number of carboxylic acid groups (broad SMARTS) is 2.